The molecule has 24 heavy (non-hydrogen) atoms. The maximum Gasteiger partial charge on any atom is 0.255 e. The summed E-state index contributed by atoms with van der Waals surface area (Å²) in [6, 6.07) is 7.09. The predicted octanol–water partition coefficient (Wildman–Crippen LogP) is 3.48. The normalized spacial score (nSPS) is 21.1. The first kappa shape index (κ1) is 17.9. The van der Waals surface area contributed by atoms with Gasteiger partial charge < -0.3 is 9.80 Å². The van der Waals surface area contributed by atoms with Crippen molar-refractivity contribution in [2.45, 2.75) is 30.0 Å². The third-order valence-electron chi connectivity index (χ3n) is 4.69. The summed E-state index contributed by atoms with van der Waals surface area (Å²) in [4.78, 5) is 28.6. The third-order valence-corrected chi connectivity index (χ3v) is 6.67. The van der Waals surface area contributed by atoms with E-state index in [1.165, 1.54) is 0 Å². The number of hydrogen-bond donors (Lipinski definition) is 0. The topological polar surface area (TPSA) is 40.6 Å². The lowest BCUT2D eigenvalue weighted by Gasteiger charge is -2.44. The molecule has 2 saturated heterocycles. The van der Waals surface area contributed by atoms with Gasteiger partial charge in [-0.3, -0.25) is 9.59 Å². The van der Waals surface area contributed by atoms with E-state index in [1.807, 2.05) is 21.6 Å². The zero-order valence-corrected chi connectivity index (χ0v) is 15.8. The highest BCUT2D eigenvalue weighted by Crippen LogP contribution is 2.44. The van der Waals surface area contributed by atoms with Gasteiger partial charge in [-0.2, -0.15) is 0 Å². The van der Waals surface area contributed by atoms with E-state index in [4.69, 9.17) is 23.2 Å². The number of carbonyl (C=O) groups excluding carboxylic acids is 2. The van der Waals surface area contributed by atoms with Gasteiger partial charge in [0.25, 0.3) is 5.91 Å². The molecule has 7 heteroatoms. The minimum absolute atomic E-state index is 0.0213. The molecule has 2 amide bonds. The molecule has 2 aliphatic rings. The van der Waals surface area contributed by atoms with E-state index < -0.39 is 5.38 Å². The number of likely N-dealkylation sites (tertiary alicyclic amines) is 1. The van der Waals surface area contributed by atoms with Crippen molar-refractivity contribution in [1.82, 2.24) is 9.80 Å². The van der Waals surface area contributed by atoms with Crippen molar-refractivity contribution in [3.63, 3.8) is 0 Å². The van der Waals surface area contributed by atoms with Crippen LogP contribution in [0.1, 0.15) is 30.1 Å². The first-order valence-electron chi connectivity index (χ1n) is 8.07. The standard InChI is InChI=1S/C17H20Cl2N2O2S/c1-12(18)15(22)20-7-5-17(6-8-20)21(9-10-24-17)16(23)13-3-2-4-14(19)11-13/h2-4,11-12H,5-10H2,1H3/t12-/m1/s1. The van der Waals surface area contributed by atoms with Crippen LogP contribution in [0.25, 0.3) is 0 Å². The van der Waals surface area contributed by atoms with E-state index in [-0.39, 0.29) is 16.7 Å². The van der Waals surface area contributed by atoms with Crippen molar-refractivity contribution in [3.8, 4) is 0 Å². The lowest BCUT2D eigenvalue weighted by molar-refractivity contribution is -0.132. The van der Waals surface area contributed by atoms with Gasteiger partial charge >= 0.3 is 0 Å². The summed E-state index contributed by atoms with van der Waals surface area (Å²) in [6.45, 7) is 3.72. The van der Waals surface area contributed by atoms with E-state index in [0.717, 1.165) is 25.1 Å². The van der Waals surface area contributed by atoms with Crippen LogP contribution in [-0.4, -0.2) is 57.2 Å². The Labute approximate surface area is 156 Å². The molecular weight excluding hydrogens is 367 g/mol. The molecule has 0 unspecified atom stereocenters. The number of benzene rings is 1. The van der Waals surface area contributed by atoms with Gasteiger partial charge in [-0.15, -0.1) is 23.4 Å². The molecule has 2 aliphatic heterocycles. The molecule has 0 aromatic heterocycles. The van der Waals surface area contributed by atoms with Gasteiger partial charge in [-0.25, -0.2) is 0 Å². The fourth-order valence-electron chi connectivity index (χ4n) is 3.41. The molecule has 0 bridgehead atoms. The summed E-state index contributed by atoms with van der Waals surface area (Å²) in [5.74, 6) is 0.918. The maximum atomic E-state index is 12.9. The second-order valence-corrected chi connectivity index (χ2v) is 8.75. The van der Waals surface area contributed by atoms with Crippen LogP contribution in [0.4, 0.5) is 0 Å². The van der Waals surface area contributed by atoms with Gasteiger partial charge in [-0.05, 0) is 38.0 Å². The molecule has 2 fully saturated rings. The first-order valence-corrected chi connectivity index (χ1v) is 9.87. The van der Waals surface area contributed by atoms with E-state index in [0.29, 0.717) is 23.7 Å². The summed E-state index contributed by atoms with van der Waals surface area (Å²) in [5.41, 5.74) is 0.622. The summed E-state index contributed by atoms with van der Waals surface area (Å²) in [5, 5.41) is 0.0674. The number of piperidine rings is 1. The zero-order valence-electron chi connectivity index (χ0n) is 13.5. The van der Waals surface area contributed by atoms with Gasteiger partial charge in [0.2, 0.25) is 5.91 Å². The van der Waals surface area contributed by atoms with Crippen molar-refractivity contribution in [2.75, 3.05) is 25.4 Å². The van der Waals surface area contributed by atoms with E-state index >= 15 is 0 Å². The van der Waals surface area contributed by atoms with Gasteiger partial charge in [0, 0.05) is 36.0 Å². The van der Waals surface area contributed by atoms with Crippen LogP contribution < -0.4 is 0 Å². The van der Waals surface area contributed by atoms with Crippen molar-refractivity contribution >= 4 is 46.8 Å². The van der Waals surface area contributed by atoms with Crippen LogP contribution in [0.5, 0.6) is 0 Å². The number of rotatable bonds is 2. The second kappa shape index (κ2) is 7.14. The van der Waals surface area contributed by atoms with E-state index in [1.54, 1.807) is 31.2 Å². The lowest BCUT2D eigenvalue weighted by Crippen LogP contribution is -2.54. The van der Waals surface area contributed by atoms with Gasteiger partial charge in [0.1, 0.15) is 5.38 Å². The molecule has 130 valence electrons. The zero-order chi connectivity index (χ0) is 17.3. The predicted molar refractivity (Wildman–Crippen MR) is 98.8 cm³/mol. The molecule has 1 aromatic carbocycles. The molecule has 0 radical (unpaired) electrons. The molecule has 1 atom stereocenters. The summed E-state index contributed by atoms with van der Waals surface area (Å²) in [6.07, 6.45) is 1.55. The number of halogens is 2. The monoisotopic (exact) mass is 386 g/mol. The van der Waals surface area contributed by atoms with Crippen molar-refractivity contribution in [3.05, 3.63) is 34.9 Å². The first-order chi connectivity index (χ1) is 11.4. The van der Waals surface area contributed by atoms with Crippen LogP contribution >= 0.6 is 35.0 Å². The number of thioether (sulfide) groups is 1. The van der Waals surface area contributed by atoms with Crippen LogP contribution in [0.15, 0.2) is 24.3 Å². The highest BCUT2D eigenvalue weighted by atomic mass is 35.5. The Bertz CT molecular complexity index is 645. The van der Waals surface area contributed by atoms with E-state index in [9.17, 15) is 9.59 Å². The number of hydrogen-bond acceptors (Lipinski definition) is 3. The van der Waals surface area contributed by atoms with Crippen LogP contribution in [0, 0.1) is 0 Å². The molecule has 1 aromatic rings. The fourth-order valence-corrected chi connectivity index (χ4v) is 5.20. The maximum absolute atomic E-state index is 12.9. The van der Waals surface area contributed by atoms with Crippen LogP contribution in [0.3, 0.4) is 0 Å². The quantitative estimate of drug-likeness (QED) is 0.730. The number of amides is 2. The third kappa shape index (κ3) is 3.39. The Morgan fingerprint density at radius 2 is 1.96 bits per heavy atom. The van der Waals surface area contributed by atoms with Gasteiger partial charge in [-0.1, -0.05) is 17.7 Å². The largest absolute Gasteiger partial charge is 0.341 e. The lowest BCUT2D eigenvalue weighted by atomic mass is 10.0. The van der Waals surface area contributed by atoms with Crippen molar-refractivity contribution < 1.29 is 9.59 Å². The molecule has 4 nitrogen and oxygen atoms in total. The van der Waals surface area contributed by atoms with Crippen molar-refractivity contribution in [2.24, 2.45) is 0 Å². The highest BCUT2D eigenvalue weighted by Gasteiger charge is 2.47. The highest BCUT2D eigenvalue weighted by molar-refractivity contribution is 8.00. The fraction of sp³-hybridized carbons (Fsp3) is 0.529. The Hall–Kier alpha value is -0.910. The Balaban J connectivity index is 1.74. The number of alkyl halides is 1. The number of nitrogens with zero attached hydrogens (tertiary/aromatic N) is 2. The summed E-state index contributed by atoms with van der Waals surface area (Å²) < 4.78 is 0. The minimum atomic E-state index is -0.500. The van der Waals surface area contributed by atoms with Crippen LogP contribution in [0.2, 0.25) is 5.02 Å². The van der Waals surface area contributed by atoms with Gasteiger partial charge in [0.05, 0.1) is 4.87 Å². The Morgan fingerprint density at radius 3 is 2.58 bits per heavy atom. The van der Waals surface area contributed by atoms with Crippen LogP contribution in [-0.2, 0) is 4.79 Å². The number of carbonyl (C=O) groups is 2. The molecule has 0 saturated carbocycles. The molecule has 0 aliphatic carbocycles. The molecule has 2 heterocycles. The molecular formula is C17H20Cl2N2O2S. The van der Waals surface area contributed by atoms with Crippen molar-refractivity contribution in [1.29, 1.82) is 0 Å². The SMILES string of the molecule is C[C@@H](Cl)C(=O)N1CCC2(CC1)SCCN2C(=O)c1cccc(Cl)c1. The van der Waals surface area contributed by atoms with E-state index in [2.05, 4.69) is 0 Å². The Morgan fingerprint density at radius 1 is 1.25 bits per heavy atom. The second-order valence-electron chi connectivity index (χ2n) is 6.20. The molecule has 3 rings (SSSR count). The molecule has 1 spiro atoms. The Kier molecular flexibility index (Phi) is 5.33. The minimum Gasteiger partial charge on any atom is -0.341 e. The van der Waals surface area contributed by atoms with Gasteiger partial charge in [0.15, 0.2) is 0 Å². The smallest absolute Gasteiger partial charge is 0.255 e. The summed E-state index contributed by atoms with van der Waals surface area (Å²) in [7, 11) is 0. The molecule has 0 N–H and O–H groups in total. The average Bonchev–Trinajstić information content (AvgIpc) is 2.97. The average molecular weight is 387 g/mol. The summed E-state index contributed by atoms with van der Waals surface area (Å²) >= 11 is 13.8.